The van der Waals surface area contributed by atoms with E-state index in [0.717, 1.165) is 24.3 Å². The van der Waals surface area contributed by atoms with Crippen LogP contribution in [0.5, 0.6) is 0 Å². The summed E-state index contributed by atoms with van der Waals surface area (Å²) < 4.78 is 10.8. The van der Waals surface area contributed by atoms with Crippen LogP contribution in [0.15, 0.2) is 10.6 Å². The molecule has 1 aromatic heterocycles. The molecule has 1 N–H and O–H groups in total. The molecule has 0 unspecified atom stereocenters. The molecule has 1 spiro atoms. The highest BCUT2D eigenvalue weighted by atomic mass is 16.6. The van der Waals surface area contributed by atoms with Crippen LogP contribution < -0.4 is 0 Å². The van der Waals surface area contributed by atoms with Crippen LogP contribution in [0.2, 0.25) is 0 Å². The smallest absolute Gasteiger partial charge is 0.410 e. The number of amides is 3. The Labute approximate surface area is 164 Å². The number of carbonyl (C=O) groups is 2. The third kappa shape index (κ3) is 3.32. The second kappa shape index (κ2) is 6.37. The van der Waals surface area contributed by atoms with Crippen molar-refractivity contribution in [2.24, 2.45) is 5.41 Å². The standard InChI is InChI=1S/C19H28N4O5/c1-18(2,3)27-17(25)21(4)8-5-12-9-13(20-28-12)14-10-19(6-7-19)15-11-22(14)16(24)23(15)26/h9,14-15,26H,5-8,10-11H2,1-4H3/t14-,15+/m0/s1. The van der Waals surface area contributed by atoms with Crippen molar-refractivity contribution in [2.75, 3.05) is 20.1 Å². The first-order valence-corrected chi connectivity index (χ1v) is 9.78. The lowest BCUT2D eigenvalue weighted by Gasteiger charge is -2.35. The van der Waals surface area contributed by atoms with Crippen LogP contribution in [0, 0.1) is 5.41 Å². The van der Waals surface area contributed by atoms with E-state index in [9.17, 15) is 14.8 Å². The first-order valence-electron chi connectivity index (χ1n) is 9.78. The molecule has 3 heterocycles. The summed E-state index contributed by atoms with van der Waals surface area (Å²) in [6.07, 6.45) is 2.97. The first-order chi connectivity index (χ1) is 13.1. The van der Waals surface area contributed by atoms with Gasteiger partial charge in [-0.15, -0.1) is 0 Å². The number of fused-ring (bicyclic) bond motifs is 3. The molecule has 1 aliphatic carbocycles. The number of ether oxygens (including phenoxy) is 1. The molecule has 2 atom stereocenters. The summed E-state index contributed by atoms with van der Waals surface area (Å²) in [6, 6.07) is 1.22. The minimum Gasteiger partial charge on any atom is -0.444 e. The van der Waals surface area contributed by atoms with Crippen molar-refractivity contribution in [1.82, 2.24) is 20.0 Å². The zero-order valence-corrected chi connectivity index (χ0v) is 16.8. The number of likely N-dealkylation sites (N-methyl/N-ethyl adjacent to an activating group) is 1. The molecule has 3 aliphatic rings. The Morgan fingerprint density at radius 1 is 1.46 bits per heavy atom. The molecule has 0 aromatic carbocycles. The number of aromatic nitrogens is 1. The Bertz CT molecular complexity index is 782. The molecule has 1 saturated carbocycles. The van der Waals surface area contributed by atoms with Crippen molar-refractivity contribution in [1.29, 1.82) is 0 Å². The van der Waals surface area contributed by atoms with Crippen molar-refractivity contribution in [3.63, 3.8) is 0 Å². The molecule has 9 heteroatoms. The quantitative estimate of drug-likeness (QED) is 0.791. The van der Waals surface area contributed by atoms with Crippen LogP contribution >= 0.6 is 0 Å². The number of nitrogens with zero attached hydrogens (tertiary/aromatic N) is 4. The minimum atomic E-state index is -0.536. The lowest BCUT2D eigenvalue weighted by Crippen LogP contribution is -2.41. The first kappa shape index (κ1) is 19.0. The Hall–Kier alpha value is -2.29. The molecule has 2 saturated heterocycles. The number of urea groups is 1. The Morgan fingerprint density at radius 2 is 2.18 bits per heavy atom. The van der Waals surface area contributed by atoms with Crippen molar-refractivity contribution in [2.45, 2.75) is 64.1 Å². The average molecular weight is 392 g/mol. The summed E-state index contributed by atoms with van der Waals surface area (Å²) in [5.74, 6) is 0.657. The van der Waals surface area contributed by atoms with E-state index >= 15 is 0 Å². The number of hydrogen-bond donors (Lipinski definition) is 1. The van der Waals surface area contributed by atoms with E-state index in [0.29, 0.717) is 31.0 Å². The molecule has 0 radical (unpaired) electrons. The predicted molar refractivity (Wildman–Crippen MR) is 97.6 cm³/mol. The van der Waals surface area contributed by atoms with Gasteiger partial charge in [0.25, 0.3) is 0 Å². The summed E-state index contributed by atoms with van der Waals surface area (Å²) in [5, 5.41) is 15.2. The summed E-state index contributed by atoms with van der Waals surface area (Å²) in [4.78, 5) is 27.6. The van der Waals surface area contributed by atoms with Gasteiger partial charge in [0, 0.05) is 32.6 Å². The van der Waals surface area contributed by atoms with Crippen LogP contribution in [0.25, 0.3) is 0 Å². The predicted octanol–water partition coefficient (Wildman–Crippen LogP) is 2.80. The maximum Gasteiger partial charge on any atom is 0.410 e. The van der Waals surface area contributed by atoms with Gasteiger partial charge in [-0.3, -0.25) is 5.21 Å². The maximum atomic E-state index is 12.4. The highest BCUT2D eigenvalue weighted by Gasteiger charge is 2.63. The summed E-state index contributed by atoms with van der Waals surface area (Å²) in [6.45, 7) is 6.46. The van der Waals surface area contributed by atoms with Crippen molar-refractivity contribution < 1.29 is 24.1 Å². The fraction of sp³-hybridized carbons (Fsp3) is 0.737. The second-order valence-electron chi connectivity index (χ2n) is 9.25. The van der Waals surface area contributed by atoms with E-state index in [4.69, 9.17) is 9.26 Å². The zero-order chi connectivity index (χ0) is 20.3. The molecular weight excluding hydrogens is 364 g/mol. The largest absolute Gasteiger partial charge is 0.444 e. The number of hydrogen-bond acceptors (Lipinski definition) is 6. The van der Waals surface area contributed by atoms with E-state index < -0.39 is 5.60 Å². The fourth-order valence-electron chi connectivity index (χ4n) is 4.23. The second-order valence-corrected chi connectivity index (χ2v) is 9.25. The van der Waals surface area contributed by atoms with E-state index in [1.54, 1.807) is 11.9 Å². The van der Waals surface area contributed by atoms with Crippen molar-refractivity contribution in [3.8, 4) is 0 Å². The molecule has 3 amide bonds. The Kier molecular flexibility index (Phi) is 4.33. The molecule has 154 valence electrons. The average Bonchev–Trinajstić information content (AvgIpc) is 3.12. The van der Waals surface area contributed by atoms with Gasteiger partial charge in [-0.25, -0.2) is 14.7 Å². The van der Waals surface area contributed by atoms with Gasteiger partial charge in [-0.05, 0) is 45.4 Å². The molecule has 9 nitrogen and oxygen atoms in total. The van der Waals surface area contributed by atoms with Gasteiger partial charge in [0.15, 0.2) is 0 Å². The number of carbonyl (C=O) groups excluding carboxylic acids is 2. The highest BCUT2D eigenvalue weighted by Crippen LogP contribution is 2.61. The monoisotopic (exact) mass is 392 g/mol. The normalized spacial score (nSPS) is 25.4. The molecule has 2 aliphatic heterocycles. The Morgan fingerprint density at radius 3 is 2.82 bits per heavy atom. The summed E-state index contributed by atoms with van der Waals surface area (Å²) in [5.41, 5.74) is 0.187. The zero-order valence-electron chi connectivity index (χ0n) is 16.8. The molecule has 28 heavy (non-hydrogen) atoms. The van der Waals surface area contributed by atoms with Crippen LogP contribution in [-0.2, 0) is 11.2 Å². The maximum absolute atomic E-state index is 12.4. The van der Waals surface area contributed by atoms with E-state index in [1.165, 1.54) is 4.90 Å². The lowest BCUT2D eigenvalue weighted by atomic mass is 9.84. The van der Waals surface area contributed by atoms with Crippen LogP contribution in [0.1, 0.15) is 57.5 Å². The van der Waals surface area contributed by atoms with Gasteiger partial charge in [0.05, 0.1) is 12.1 Å². The van der Waals surface area contributed by atoms with Gasteiger partial charge in [0.1, 0.15) is 17.1 Å². The number of hydroxylamine groups is 2. The topological polar surface area (TPSA) is 99.4 Å². The fourth-order valence-corrected chi connectivity index (χ4v) is 4.23. The van der Waals surface area contributed by atoms with Gasteiger partial charge >= 0.3 is 12.1 Å². The van der Waals surface area contributed by atoms with Gasteiger partial charge in [-0.1, -0.05) is 5.16 Å². The van der Waals surface area contributed by atoms with Crippen molar-refractivity contribution in [3.05, 3.63) is 17.5 Å². The summed E-state index contributed by atoms with van der Waals surface area (Å²) >= 11 is 0. The van der Waals surface area contributed by atoms with E-state index in [2.05, 4.69) is 5.16 Å². The van der Waals surface area contributed by atoms with E-state index in [-0.39, 0.29) is 29.6 Å². The van der Waals surface area contributed by atoms with Gasteiger partial charge in [-0.2, -0.15) is 0 Å². The highest BCUT2D eigenvalue weighted by molar-refractivity contribution is 5.77. The molecule has 4 rings (SSSR count). The number of rotatable bonds is 4. The summed E-state index contributed by atoms with van der Waals surface area (Å²) in [7, 11) is 1.68. The van der Waals surface area contributed by atoms with Crippen LogP contribution in [-0.4, -0.2) is 69.1 Å². The number of piperidine rings is 1. The third-order valence-electron chi connectivity index (χ3n) is 6.00. The van der Waals surface area contributed by atoms with Crippen LogP contribution in [0.4, 0.5) is 9.59 Å². The minimum absolute atomic E-state index is 0.0120. The van der Waals surface area contributed by atoms with Gasteiger partial charge in [0.2, 0.25) is 0 Å². The van der Waals surface area contributed by atoms with E-state index in [1.807, 2.05) is 26.8 Å². The van der Waals surface area contributed by atoms with Crippen molar-refractivity contribution >= 4 is 12.1 Å². The molecule has 3 fully saturated rings. The lowest BCUT2D eigenvalue weighted by molar-refractivity contribution is -0.0782. The van der Waals surface area contributed by atoms with Gasteiger partial charge < -0.3 is 19.1 Å². The third-order valence-corrected chi connectivity index (χ3v) is 6.00. The molecule has 1 aromatic rings. The molecule has 2 bridgehead atoms. The SMILES string of the molecule is CN(CCc1cc([C@@H]2CC3(CC3)[C@H]3CN2C(=O)N3O)no1)C(=O)OC(C)(C)C. The van der Waals surface area contributed by atoms with Crippen LogP contribution in [0.3, 0.4) is 0 Å². The molecular formula is C19H28N4O5. The Balaban J connectivity index is 1.40.